The number of aliphatic imine (C=N–C) groups is 1. The molecule has 8 heteroatoms. The van der Waals surface area contributed by atoms with Gasteiger partial charge in [-0.3, -0.25) is 4.99 Å². The van der Waals surface area contributed by atoms with Crippen LogP contribution in [-0.2, 0) is 0 Å². The number of hydrogen-bond donors (Lipinski definition) is 3. The Morgan fingerprint density at radius 1 is 1.22 bits per heavy atom. The van der Waals surface area contributed by atoms with Crippen LogP contribution in [0.15, 0.2) is 47.5 Å². The lowest BCUT2D eigenvalue weighted by atomic mass is 10.0. The lowest BCUT2D eigenvalue weighted by Gasteiger charge is -2.35. The summed E-state index contributed by atoms with van der Waals surface area (Å²) in [6, 6.07) is 12.2. The summed E-state index contributed by atoms with van der Waals surface area (Å²) in [6.07, 6.45) is 1.19. The first-order chi connectivity index (χ1) is 15.5. The fourth-order valence-corrected chi connectivity index (χ4v) is 3.82. The topological polar surface area (TPSA) is 78.4 Å². The van der Waals surface area contributed by atoms with E-state index in [1.165, 1.54) is 6.07 Å². The van der Waals surface area contributed by atoms with Crippen LogP contribution < -0.4 is 25.0 Å². The molecule has 174 valence electrons. The van der Waals surface area contributed by atoms with Crippen molar-refractivity contribution in [1.29, 1.82) is 0 Å². The van der Waals surface area contributed by atoms with E-state index in [1.54, 1.807) is 44.6 Å². The summed E-state index contributed by atoms with van der Waals surface area (Å²) in [5.74, 6) is 1.65. The summed E-state index contributed by atoms with van der Waals surface area (Å²) in [5, 5.41) is 17.4. The number of guanidine groups is 1. The van der Waals surface area contributed by atoms with Crippen molar-refractivity contribution in [3.05, 3.63) is 53.8 Å². The quantitative estimate of drug-likeness (QED) is 0.429. The van der Waals surface area contributed by atoms with E-state index >= 15 is 0 Å². The van der Waals surface area contributed by atoms with E-state index in [1.807, 2.05) is 13.0 Å². The minimum atomic E-state index is -0.801. The number of piperidine rings is 1. The van der Waals surface area contributed by atoms with Crippen LogP contribution in [0.3, 0.4) is 0 Å². The highest BCUT2D eigenvalue weighted by molar-refractivity contribution is 5.80. The normalized spacial score (nSPS) is 17.6. The van der Waals surface area contributed by atoms with Crippen LogP contribution in [0.25, 0.3) is 0 Å². The molecule has 0 amide bonds. The van der Waals surface area contributed by atoms with E-state index in [-0.39, 0.29) is 18.4 Å². The van der Waals surface area contributed by atoms with E-state index < -0.39 is 6.10 Å². The minimum absolute atomic E-state index is 0.166. The molecule has 0 spiro atoms. The van der Waals surface area contributed by atoms with Gasteiger partial charge in [0.2, 0.25) is 0 Å². The number of aliphatic hydroxyl groups excluding tert-OH is 1. The van der Waals surface area contributed by atoms with Gasteiger partial charge in [0, 0.05) is 37.4 Å². The van der Waals surface area contributed by atoms with Crippen LogP contribution in [0.1, 0.15) is 31.4 Å². The van der Waals surface area contributed by atoms with Gasteiger partial charge in [-0.15, -0.1) is 0 Å². The standard InChI is InChI=1S/C24H33FN4O3/c1-4-26-24(27-15-23(30)17-11-21(31-2)14-22(12-17)32-3)28-19-8-6-10-29(16-19)20-9-5-7-18(25)13-20/h5,7,9,11-14,19,23,30H,4,6,8,10,15-16H2,1-3H3,(H2,26,27,28). The summed E-state index contributed by atoms with van der Waals surface area (Å²) in [6.45, 7) is 4.54. The summed E-state index contributed by atoms with van der Waals surface area (Å²) in [4.78, 5) is 6.78. The molecule has 1 saturated heterocycles. The Kier molecular flexibility index (Phi) is 8.56. The Bertz CT molecular complexity index is 886. The average molecular weight is 445 g/mol. The number of aliphatic hydroxyl groups is 1. The maximum absolute atomic E-state index is 13.6. The molecule has 0 aliphatic carbocycles. The highest BCUT2D eigenvalue weighted by Gasteiger charge is 2.21. The van der Waals surface area contributed by atoms with E-state index in [0.29, 0.717) is 29.6 Å². The SMILES string of the molecule is CCNC(=NCC(O)c1cc(OC)cc(OC)c1)NC1CCCN(c2cccc(F)c2)C1. The van der Waals surface area contributed by atoms with Gasteiger partial charge in [0.1, 0.15) is 17.3 Å². The average Bonchev–Trinajstić information content (AvgIpc) is 2.82. The zero-order chi connectivity index (χ0) is 22.9. The third-order valence-corrected chi connectivity index (χ3v) is 5.46. The highest BCUT2D eigenvalue weighted by atomic mass is 19.1. The van der Waals surface area contributed by atoms with Gasteiger partial charge in [0.15, 0.2) is 5.96 Å². The third-order valence-electron chi connectivity index (χ3n) is 5.46. The molecule has 0 aromatic heterocycles. The zero-order valence-corrected chi connectivity index (χ0v) is 19.0. The Balaban J connectivity index is 1.65. The molecule has 7 nitrogen and oxygen atoms in total. The molecule has 1 heterocycles. The van der Waals surface area contributed by atoms with Crippen LogP contribution in [0.2, 0.25) is 0 Å². The van der Waals surface area contributed by atoms with E-state index in [4.69, 9.17) is 9.47 Å². The number of methoxy groups -OCH3 is 2. The number of nitrogens with zero attached hydrogens (tertiary/aromatic N) is 2. The lowest BCUT2D eigenvalue weighted by molar-refractivity contribution is 0.186. The Hall–Kier alpha value is -3.00. The summed E-state index contributed by atoms with van der Waals surface area (Å²) >= 11 is 0. The first-order valence-corrected chi connectivity index (χ1v) is 11.0. The van der Waals surface area contributed by atoms with Gasteiger partial charge in [0.25, 0.3) is 0 Å². The molecule has 3 N–H and O–H groups in total. The second-order valence-corrected chi connectivity index (χ2v) is 7.79. The summed E-state index contributed by atoms with van der Waals surface area (Å²) in [5.41, 5.74) is 1.57. The second-order valence-electron chi connectivity index (χ2n) is 7.79. The highest BCUT2D eigenvalue weighted by Crippen LogP contribution is 2.26. The summed E-state index contributed by atoms with van der Waals surface area (Å²) < 4.78 is 24.2. The van der Waals surface area contributed by atoms with Crippen LogP contribution in [-0.4, -0.2) is 57.5 Å². The van der Waals surface area contributed by atoms with Crippen molar-refractivity contribution in [2.24, 2.45) is 4.99 Å². The summed E-state index contributed by atoms with van der Waals surface area (Å²) in [7, 11) is 3.15. The predicted molar refractivity (Wildman–Crippen MR) is 125 cm³/mol. The number of halogens is 1. The van der Waals surface area contributed by atoms with Gasteiger partial charge in [-0.2, -0.15) is 0 Å². The van der Waals surface area contributed by atoms with Gasteiger partial charge in [-0.1, -0.05) is 6.07 Å². The monoisotopic (exact) mass is 444 g/mol. The van der Waals surface area contributed by atoms with E-state index in [0.717, 1.165) is 31.6 Å². The molecule has 32 heavy (non-hydrogen) atoms. The fourth-order valence-electron chi connectivity index (χ4n) is 3.82. The van der Waals surface area contributed by atoms with Crippen molar-refractivity contribution in [2.75, 3.05) is 45.3 Å². The van der Waals surface area contributed by atoms with Crippen molar-refractivity contribution in [3.63, 3.8) is 0 Å². The molecule has 0 radical (unpaired) electrons. The van der Waals surface area contributed by atoms with Gasteiger partial charge in [0.05, 0.1) is 26.9 Å². The smallest absolute Gasteiger partial charge is 0.191 e. The predicted octanol–water partition coefficient (Wildman–Crippen LogP) is 3.10. The molecule has 0 bridgehead atoms. The molecule has 1 aliphatic rings. The Morgan fingerprint density at radius 2 is 1.97 bits per heavy atom. The van der Waals surface area contributed by atoms with E-state index in [9.17, 15) is 9.50 Å². The Labute approximate surface area is 189 Å². The van der Waals surface area contributed by atoms with Crippen molar-refractivity contribution < 1.29 is 19.0 Å². The molecule has 3 rings (SSSR count). The van der Waals surface area contributed by atoms with Crippen LogP contribution >= 0.6 is 0 Å². The van der Waals surface area contributed by atoms with Gasteiger partial charge < -0.3 is 30.1 Å². The molecule has 2 unspecified atom stereocenters. The van der Waals surface area contributed by atoms with Crippen molar-refractivity contribution in [2.45, 2.75) is 31.9 Å². The number of rotatable bonds is 8. The number of ether oxygens (including phenoxy) is 2. The number of nitrogens with one attached hydrogen (secondary N) is 2. The molecule has 2 atom stereocenters. The molecular formula is C24H33FN4O3. The zero-order valence-electron chi connectivity index (χ0n) is 19.0. The largest absolute Gasteiger partial charge is 0.497 e. The molecule has 1 aliphatic heterocycles. The minimum Gasteiger partial charge on any atom is -0.497 e. The van der Waals surface area contributed by atoms with Crippen molar-refractivity contribution in [1.82, 2.24) is 10.6 Å². The van der Waals surface area contributed by atoms with Crippen LogP contribution in [0.4, 0.5) is 10.1 Å². The van der Waals surface area contributed by atoms with Crippen LogP contribution in [0, 0.1) is 5.82 Å². The molecular weight excluding hydrogens is 411 g/mol. The first kappa shape index (κ1) is 23.7. The number of benzene rings is 2. The molecule has 0 saturated carbocycles. The number of hydrogen-bond acceptors (Lipinski definition) is 5. The van der Waals surface area contributed by atoms with E-state index in [2.05, 4.69) is 20.5 Å². The Morgan fingerprint density at radius 3 is 2.62 bits per heavy atom. The van der Waals surface area contributed by atoms with Gasteiger partial charge in [-0.05, 0) is 55.7 Å². The molecule has 1 fully saturated rings. The first-order valence-electron chi connectivity index (χ1n) is 11.0. The lowest BCUT2D eigenvalue weighted by Crippen LogP contribution is -2.51. The maximum atomic E-state index is 13.6. The van der Waals surface area contributed by atoms with Crippen molar-refractivity contribution >= 4 is 11.6 Å². The third kappa shape index (κ3) is 6.50. The van der Waals surface area contributed by atoms with Crippen molar-refractivity contribution in [3.8, 4) is 11.5 Å². The fraction of sp³-hybridized carbons (Fsp3) is 0.458. The van der Waals surface area contributed by atoms with Gasteiger partial charge >= 0.3 is 0 Å². The second kappa shape index (κ2) is 11.6. The number of anilines is 1. The van der Waals surface area contributed by atoms with Gasteiger partial charge in [-0.25, -0.2) is 4.39 Å². The van der Waals surface area contributed by atoms with Crippen LogP contribution in [0.5, 0.6) is 11.5 Å². The molecule has 2 aromatic carbocycles. The maximum Gasteiger partial charge on any atom is 0.191 e. The molecule has 2 aromatic rings.